The first-order chi connectivity index (χ1) is 10.8. The zero-order valence-corrected chi connectivity index (χ0v) is 12.1. The minimum Gasteiger partial charge on any atom is -0.454 e. The number of halogens is 1. The molecule has 0 unspecified atom stereocenters. The van der Waals surface area contributed by atoms with Crippen LogP contribution >= 0.6 is 11.6 Å². The summed E-state index contributed by atoms with van der Waals surface area (Å²) >= 11 is 6.25. The van der Waals surface area contributed by atoms with Crippen molar-refractivity contribution >= 4 is 11.6 Å². The molecule has 0 bridgehead atoms. The fourth-order valence-electron chi connectivity index (χ4n) is 2.16. The van der Waals surface area contributed by atoms with Crippen molar-refractivity contribution in [2.45, 2.75) is 6.54 Å². The van der Waals surface area contributed by atoms with E-state index in [1.165, 1.54) is 4.80 Å². The van der Waals surface area contributed by atoms with Gasteiger partial charge in [0.05, 0.1) is 6.54 Å². The summed E-state index contributed by atoms with van der Waals surface area (Å²) in [6.45, 7) is 0.608. The van der Waals surface area contributed by atoms with Crippen LogP contribution in [0.15, 0.2) is 36.7 Å². The van der Waals surface area contributed by atoms with Crippen LogP contribution in [-0.4, -0.2) is 32.0 Å². The number of fused-ring (bicyclic) bond motifs is 1. The smallest absolute Gasteiger partial charge is 0.231 e. The van der Waals surface area contributed by atoms with Crippen LogP contribution < -0.4 is 9.47 Å². The van der Waals surface area contributed by atoms with Gasteiger partial charge in [-0.25, -0.2) is 0 Å². The molecule has 22 heavy (non-hydrogen) atoms. The summed E-state index contributed by atoms with van der Waals surface area (Å²) in [4.78, 5) is 5.45. The van der Waals surface area contributed by atoms with Gasteiger partial charge in [-0.05, 0) is 29.0 Å². The molecule has 3 aromatic rings. The number of rotatable bonds is 3. The molecule has 0 aliphatic carbocycles. The van der Waals surface area contributed by atoms with Crippen LogP contribution in [0.25, 0.3) is 11.4 Å². The molecular weight excluding hydrogens is 306 g/mol. The Kier molecular flexibility index (Phi) is 3.12. The highest BCUT2D eigenvalue weighted by molar-refractivity contribution is 6.31. The fraction of sp³-hybridized carbons (Fsp3) is 0.143. The first kappa shape index (κ1) is 13.0. The number of nitrogens with zero attached hydrogens (tertiary/aromatic N) is 5. The molecule has 8 heteroatoms. The second-order valence-electron chi connectivity index (χ2n) is 4.68. The Labute approximate surface area is 130 Å². The zero-order valence-electron chi connectivity index (χ0n) is 11.3. The maximum Gasteiger partial charge on any atom is 0.231 e. The summed E-state index contributed by atoms with van der Waals surface area (Å²) < 4.78 is 10.6. The van der Waals surface area contributed by atoms with Gasteiger partial charge in [-0.3, -0.25) is 4.98 Å². The van der Waals surface area contributed by atoms with E-state index in [1.54, 1.807) is 18.5 Å². The number of ether oxygens (including phenoxy) is 2. The monoisotopic (exact) mass is 315 g/mol. The van der Waals surface area contributed by atoms with E-state index in [0.29, 0.717) is 28.9 Å². The van der Waals surface area contributed by atoms with E-state index in [4.69, 9.17) is 21.1 Å². The third kappa shape index (κ3) is 2.35. The minimum atomic E-state index is 0.211. The number of hydrogen-bond acceptors (Lipinski definition) is 6. The predicted molar refractivity (Wildman–Crippen MR) is 77.7 cm³/mol. The number of tetrazole rings is 1. The van der Waals surface area contributed by atoms with Crippen molar-refractivity contribution in [3.05, 3.63) is 47.2 Å². The van der Waals surface area contributed by atoms with Crippen molar-refractivity contribution in [1.82, 2.24) is 25.2 Å². The molecule has 0 atom stereocenters. The molecule has 1 aliphatic heterocycles. The molecule has 110 valence electrons. The third-order valence-corrected chi connectivity index (χ3v) is 3.60. The summed E-state index contributed by atoms with van der Waals surface area (Å²) in [5.41, 5.74) is 1.70. The van der Waals surface area contributed by atoms with Gasteiger partial charge in [0.25, 0.3) is 0 Å². The molecular formula is C14H10ClN5O2. The third-order valence-electron chi connectivity index (χ3n) is 3.24. The second-order valence-corrected chi connectivity index (χ2v) is 5.08. The summed E-state index contributed by atoms with van der Waals surface area (Å²) in [7, 11) is 0. The van der Waals surface area contributed by atoms with Gasteiger partial charge >= 0.3 is 0 Å². The lowest BCUT2D eigenvalue weighted by Gasteiger charge is -2.04. The molecule has 2 aromatic heterocycles. The number of pyridine rings is 1. The molecule has 0 saturated carbocycles. The topological polar surface area (TPSA) is 75.0 Å². The van der Waals surface area contributed by atoms with Gasteiger partial charge in [0.2, 0.25) is 12.6 Å². The Morgan fingerprint density at radius 3 is 2.73 bits per heavy atom. The molecule has 7 nitrogen and oxygen atoms in total. The van der Waals surface area contributed by atoms with Gasteiger partial charge in [0.1, 0.15) is 0 Å². The maximum atomic E-state index is 6.25. The maximum absolute atomic E-state index is 6.25. The highest BCUT2D eigenvalue weighted by Gasteiger charge is 2.17. The van der Waals surface area contributed by atoms with E-state index in [2.05, 4.69) is 20.4 Å². The molecule has 0 fully saturated rings. The van der Waals surface area contributed by atoms with E-state index in [0.717, 1.165) is 11.1 Å². The normalized spacial score (nSPS) is 12.6. The van der Waals surface area contributed by atoms with Crippen molar-refractivity contribution in [2.24, 2.45) is 0 Å². The lowest BCUT2D eigenvalue weighted by atomic mass is 10.2. The highest BCUT2D eigenvalue weighted by atomic mass is 35.5. The number of benzene rings is 1. The first-order valence-electron chi connectivity index (χ1n) is 6.56. The molecule has 1 aliphatic rings. The highest BCUT2D eigenvalue weighted by Crippen LogP contribution is 2.36. The SMILES string of the molecule is Clc1cc2c(cc1Cn1nnc(-c3ccncc3)n1)OCO2. The summed E-state index contributed by atoms with van der Waals surface area (Å²) in [6, 6.07) is 7.23. The van der Waals surface area contributed by atoms with Crippen LogP contribution in [0.5, 0.6) is 11.5 Å². The Morgan fingerprint density at radius 1 is 1.14 bits per heavy atom. The average Bonchev–Trinajstić information content (AvgIpc) is 3.18. The van der Waals surface area contributed by atoms with Crippen molar-refractivity contribution in [3.63, 3.8) is 0 Å². The van der Waals surface area contributed by atoms with Crippen molar-refractivity contribution in [1.29, 1.82) is 0 Å². The lowest BCUT2D eigenvalue weighted by Crippen LogP contribution is -2.04. The van der Waals surface area contributed by atoms with E-state index < -0.39 is 0 Å². The molecule has 0 spiro atoms. The van der Waals surface area contributed by atoms with Gasteiger partial charge in [-0.2, -0.15) is 4.80 Å². The van der Waals surface area contributed by atoms with E-state index in [9.17, 15) is 0 Å². The lowest BCUT2D eigenvalue weighted by molar-refractivity contribution is 0.174. The second kappa shape index (κ2) is 5.27. The van der Waals surface area contributed by atoms with E-state index in [1.807, 2.05) is 18.2 Å². The van der Waals surface area contributed by atoms with Gasteiger partial charge in [-0.15, -0.1) is 10.2 Å². The predicted octanol–water partition coefficient (Wildman–Crippen LogP) is 2.17. The molecule has 4 rings (SSSR count). The van der Waals surface area contributed by atoms with Gasteiger partial charge in [-0.1, -0.05) is 11.6 Å². The van der Waals surface area contributed by atoms with Gasteiger partial charge in [0.15, 0.2) is 11.5 Å². The molecule has 3 heterocycles. The molecule has 0 saturated heterocycles. The van der Waals surface area contributed by atoms with Crippen LogP contribution in [-0.2, 0) is 6.54 Å². The molecule has 1 aromatic carbocycles. The van der Waals surface area contributed by atoms with Crippen molar-refractivity contribution < 1.29 is 9.47 Å². The van der Waals surface area contributed by atoms with Crippen LogP contribution in [0.2, 0.25) is 5.02 Å². The van der Waals surface area contributed by atoms with Crippen LogP contribution in [0.1, 0.15) is 5.56 Å². The number of hydrogen-bond donors (Lipinski definition) is 0. The molecule has 0 N–H and O–H groups in total. The van der Waals surface area contributed by atoms with Crippen molar-refractivity contribution in [3.8, 4) is 22.9 Å². The van der Waals surface area contributed by atoms with E-state index in [-0.39, 0.29) is 6.79 Å². The van der Waals surface area contributed by atoms with Crippen LogP contribution in [0.3, 0.4) is 0 Å². The standard InChI is InChI=1S/C14H10ClN5O2/c15-11-6-13-12(21-8-22-13)5-10(11)7-20-18-14(17-19-20)9-1-3-16-4-2-9/h1-6H,7-8H2. The van der Waals surface area contributed by atoms with E-state index >= 15 is 0 Å². The fourth-order valence-corrected chi connectivity index (χ4v) is 2.37. The Morgan fingerprint density at radius 2 is 1.91 bits per heavy atom. The van der Waals surface area contributed by atoms with Crippen LogP contribution in [0.4, 0.5) is 0 Å². The Hall–Kier alpha value is -2.67. The Balaban J connectivity index is 1.61. The minimum absolute atomic E-state index is 0.211. The summed E-state index contributed by atoms with van der Waals surface area (Å²) in [5.74, 6) is 1.87. The van der Waals surface area contributed by atoms with Crippen LogP contribution in [0, 0.1) is 0 Å². The van der Waals surface area contributed by atoms with Gasteiger partial charge < -0.3 is 9.47 Å². The molecule has 0 amide bonds. The summed E-state index contributed by atoms with van der Waals surface area (Å²) in [6.07, 6.45) is 3.37. The average molecular weight is 316 g/mol. The van der Waals surface area contributed by atoms with Crippen molar-refractivity contribution in [2.75, 3.05) is 6.79 Å². The Bertz CT molecular complexity index is 821. The zero-order chi connectivity index (χ0) is 14.9. The van der Waals surface area contributed by atoms with Gasteiger partial charge in [0, 0.05) is 29.0 Å². The summed E-state index contributed by atoms with van der Waals surface area (Å²) in [5, 5.41) is 13.0. The largest absolute Gasteiger partial charge is 0.454 e. The first-order valence-corrected chi connectivity index (χ1v) is 6.93. The molecule has 0 radical (unpaired) electrons. The quantitative estimate of drug-likeness (QED) is 0.737. The number of aromatic nitrogens is 5.